The van der Waals surface area contributed by atoms with Crippen molar-refractivity contribution < 1.29 is 4.79 Å². The number of isocyanates is 1. The van der Waals surface area contributed by atoms with Gasteiger partial charge in [-0.25, -0.2) is 4.79 Å². The first-order chi connectivity index (χ1) is 6.40. The molecular weight excluding hydrogens is 164 g/mol. The van der Waals surface area contributed by atoms with Gasteiger partial charge < -0.3 is 0 Å². The Morgan fingerprint density at radius 3 is 3.08 bits per heavy atom. The maximum absolute atomic E-state index is 10.0. The number of hydrogen-bond donors (Lipinski definition) is 0. The lowest BCUT2D eigenvalue weighted by Crippen LogP contribution is -2.13. The molecule has 0 atom stereocenters. The van der Waals surface area contributed by atoms with Crippen molar-refractivity contribution >= 4 is 12.2 Å². The lowest BCUT2D eigenvalue weighted by molar-refractivity contribution is 0.384. The number of hydrazone groups is 1. The molecule has 1 aromatic carbocycles. The Bertz CT molecular complexity index is 392. The molecule has 13 heavy (non-hydrogen) atoms. The van der Waals surface area contributed by atoms with Crippen molar-refractivity contribution in [2.24, 2.45) is 5.10 Å². The molecular formula is C10H8N2O. The minimum Gasteiger partial charge on any atom is -0.257 e. The van der Waals surface area contributed by atoms with Gasteiger partial charge in [0.25, 0.3) is 6.08 Å². The zero-order chi connectivity index (χ0) is 9.10. The molecule has 0 radical (unpaired) electrons. The second kappa shape index (κ2) is 3.25. The summed E-state index contributed by atoms with van der Waals surface area (Å²) in [7, 11) is 0. The highest BCUT2D eigenvalue weighted by Gasteiger charge is 2.07. The van der Waals surface area contributed by atoms with Gasteiger partial charge >= 0.3 is 0 Å². The van der Waals surface area contributed by atoms with E-state index in [9.17, 15) is 4.79 Å². The van der Waals surface area contributed by atoms with Crippen LogP contribution in [0.25, 0.3) is 6.08 Å². The van der Waals surface area contributed by atoms with Crippen LogP contribution in [0.3, 0.4) is 0 Å². The molecule has 0 N–H and O–H groups in total. The molecule has 0 aromatic heterocycles. The third-order valence-electron chi connectivity index (χ3n) is 1.98. The van der Waals surface area contributed by atoms with E-state index in [1.54, 1.807) is 11.2 Å². The molecule has 1 aromatic rings. The third kappa shape index (κ3) is 1.50. The van der Waals surface area contributed by atoms with E-state index in [0.29, 0.717) is 6.54 Å². The quantitative estimate of drug-likeness (QED) is 0.477. The van der Waals surface area contributed by atoms with Crippen LogP contribution in [-0.4, -0.2) is 11.1 Å². The first-order valence-corrected chi connectivity index (χ1v) is 4.01. The Labute approximate surface area is 76.0 Å². The summed E-state index contributed by atoms with van der Waals surface area (Å²) in [6, 6.07) is 8.02. The van der Waals surface area contributed by atoms with E-state index in [4.69, 9.17) is 0 Å². The smallest absolute Gasteiger partial charge is 0.257 e. The number of hydrogen-bond acceptors (Lipinski definition) is 3. The number of rotatable bonds is 1. The summed E-state index contributed by atoms with van der Waals surface area (Å²) in [5.41, 5.74) is 2.35. The van der Waals surface area contributed by atoms with Gasteiger partial charge in [-0.2, -0.15) is 0 Å². The molecule has 0 saturated heterocycles. The molecule has 0 amide bonds. The van der Waals surface area contributed by atoms with Crippen LogP contribution in [0.4, 0.5) is 0 Å². The lowest BCUT2D eigenvalue weighted by atomic mass is 10.1. The Hall–Kier alpha value is -1.86. The van der Waals surface area contributed by atoms with Gasteiger partial charge in [0.1, 0.15) is 0 Å². The van der Waals surface area contributed by atoms with Gasteiger partial charge in [-0.3, -0.25) is 5.01 Å². The van der Waals surface area contributed by atoms with E-state index in [2.05, 4.69) is 5.10 Å². The van der Waals surface area contributed by atoms with Crippen molar-refractivity contribution in [1.82, 2.24) is 5.01 Å². The van der Waals surface area contributed by atoms with Gasteiger partial charge in [0.15, 0.2) is 0 Å². The van der Waals surface area contributed by atoms with Crippen LogP contribution in [0.2, 0.25) is 0 Å². The van der Waals surface area contributed by atoms with E-state index in [0.717, 1.165) is 0 Å². The minimum absolute atomic E-state index is 0.641. The molecule has 0 unspecified atom stereocenters. The molecule has 2 rings (SSSR count). The third-order valence-corrected chi connectivity index (χ3v) is 1.98. The fourth-order valence-electron chi connectivity index (χ4n) is 1.36. The lowest BCUT2D eigenvalue weighted by Gasteiger charge is -2.18. The largest absolute Gasteiger partial charge is 0.258 e. The van der Waals surface area contributed by atoms with Gasteiger partial charge in [-0.1, -0.05) is 29.4 Å². The Balaban J connectivity index is 2.33. The maximum Gasteiger partial charge on any atom is 0.258 e. The first kappa shape index (κ1) is 7.77. The average molecular weight is 172 g/mol. The molecule has 0 saturated carbocycles. The van der Waals surface area contributed by atoms with Gasteiger partial charge in [0, 0.05) is 6.20 Å². The number of carbonyl (C=O) groups excluding carboxylic acids is 1. The van der Waals surface area contributed by atoms with Crippen LogP contribution >= 0.6 is 0 Å². The average Bonchev–Trinajstić information content (AvgIpc) is 2.18. The molecule has 1 aliphatic heterocycles. The van der Waals surface area contributed by atoms with E-state index in [-0.39, 0.29) is 0 Å². The number of fused-ring (bicyclic) bond motifs is 1. The molecule has 0 spiro atoms. The summed E-state index contributed by atoms with van der Waals surface area (Å²) in [6.07, 6.45) is 5.22. The summed E-state index contributed by atoms with van der Waals surface area (Å²) >= 11 is 0. The van der Waals surface area contributed by atoms with E-state index in [1.165, 1.54) is 17.2 Å². The second-order valence-corrected chi connectivity index (χ2v) is 2.80. The number of benzene rings is 1. The molecule has 0 bridgehead atoms. The van der Waals surface area contributed by atoms with Crippen molar-refractivity contribution in [1.29, 1.82) is 0 Å². The zero-order valence-corrected chi connectivity index (χ0v) is 6.97. The fraction of sp³-hybridized carbons (Fsp3) is 0.100. The summed E-state index contributed by atoms with van der Waals surface area (Å²) in [5.74, 6) is 0. The van der Waals surface area contributed by atoms with E-state index in [1.807, 2.05) is 30.3 Å². The van der Waals surface area contributed by atoms with Gasteiger partial charge in [0.2, 0.25) is 0 Å². The maximum atomic E-state index is 10.0. The van der Waals surface area contributed by atoms with Crippen molar-refractivity contribution in [2.45, 2.75) is 6.54 Å². The zero-order valence-electron chi connectivity index (χ0n) is 6.97. The van der Waals surface area contributed by atoms with Crippen LogP contribution in [0.1, 0.15) is 11.1 Å². The number of nitrogens with zero attached hydrogens (tertiary/aromatic N) is 2. The Kier molecular flexibility index (Phi) is 1.94. The predicted molar refractivity (Wildman–Crippen MR) is 49.1 cm³/mol. The molecule has 0 fully saturated rings. The molecule has 0 aliphatic carbocycles. The Morgan fingerprint density at radius 1 is 1.38 bits per heavy atom. The van der Waals surface area contributed by atoms with Crippen molar-refractivity contribution in [3.63, 3.8) is 0 Å². The molecule has 3 nitrogen and oxygen atoms in total. The Morgan fingerprint density at radius 2 is 2.23 bits per heavy atom. The van der Waals surface area contributed by atoms with Gasteiger partial charge in [-0.15, -0.1) is 0 Å². The summed E-state index contributed by atoms with van der Waals surface area (Å²) in [6.45, 7) is 0.641. The molecule has 64 valence electrons. The molecule has 3 heteroatoms. The highest BCUT2D eigenvalue weighted by atomic mass is 16.1. The van der Waals surface area contributed by atoms with Crippen molar-refractivity contribution in [3.8, 4) is 0 Å². The van der Waals surface area contributed by atoms with E-state index >= 15 is 0 Å². The van der Waals surface area contributed by atoms with Gasteiger partial charge in [-0.05, 0) is 17.2 Å². The minimum atomic E-state index is 0.641. The van der Waals surface area contributed by atoms with Crippen LogP contribution in [-0.2, 0) is 11.3 Å². The van der Waals surface area contributed by atoms with Crippen LogP contribution in [0.15, 0.2) is 35.6 Å². The monoisotopic (exact) mass is 172 g/mol. The van der Waals surface area contributed by atoms with Crippen molar-refractivity contribution in [2.75, 3.05) is 0 Å². The normalized spacial score (nSPS) is 13.4. The van der Waals surface area contributed by atoms with E-state index < -0.39 is 0 Å². The SMILES string of the molecule is O=C=NN1C=Cc2ccccc2C1. The summed E-state index contributed by atoms with van der Waals surface area (Å²) in [5, 5.41) is 5.09. The highest BCUT2D eigenvalue weighted by molar-refractivity contribution is 5.55. The topological polar surface area (TPSA) is 32.7 Å². The second-order valence-electron chi connectivity index (χ2n) is 2.80. The highest BCUT2D eigenvalue weighted by Crippen LogP contribution is 2.18. The van der Waals surface area contributed by atoms with Crippen LogP contribution < -0.4 is 0 Å². The van der Waals surface area contributed by atoms with Crippen LogP contribution in [0.5, 0.6) is 0 Å². The van der Waals surface area contributed by atoms with Gasteiger partial charge in [0.05, 0.1) is 6.54 Å². The van der Waals surface area contributed by atoms with Crippen LogP contribution in [0, 0.1) is 0 Å². The summed E-state index contributed by atoms with van der Waals surface area (Å²) < 4.78 is 0. The summed E-state index contributed by atoms with van der Waals surface area (Å²) in [4.78, 5) is 10.0. The standard InChI is InChI=1S/C10H8N2O/c13-8-11-12-6-5-9-3-1-2-4-10(9)7-12/h1-6H,7H2. The first-order valence-electron chi connectivity index (χ1n) is 4.01. The molecule has 1 heterocycles. The predicted octanol–water partition coefficient (Wildman–Crippen LogP) is 1.72. The fourth-order valence-corrected chi connectivity index (χ4v) is 1.36. The van der Waals surface area contributed by atoms with Crippen molar-refractivity contribution in [3.05, 3.63) is 41.6 Å². The molecule has 1 aliphatic rings.